The molecule has 0 aliphatic carbocycles. The first-order chi connectivity index (χ1) is 2.77. The Bertz CT molecular complexity index is 61.2. The monoisotopic (exact) mass is 128 g/mol. The fourth-order valence-corrected chi connectivity index (χ4v) is 0.142. The average Bonchev–Trinajstić information content (AvgIpc) is 1.35. The molecule has 0 spiro atoms. The van der Waals surface area contributed by atoms with Gasteiger partial charge in [0.1, 0.15) is 0 Å². The molecule has 0 saturated heterocycles. The Kier molecular flexibility index (Phi) is 11.0. The second-order valence-corrected chi connectivity index (χ2v) is 1.00. The van der Waals surface area contributed by atoms with Gasteiger partial charge in [-0.05, 0) is 0 Å². The molecule has 0 heterocycles. The van der Waals surface area contributed by atoms with Gasteiger partial charge < -0.3 is 12.9 Å². The van der Waals surface area contributed by atoms with Crippen molar-refractivity contribution in [3.63, 3.8) is 0 Å². The second kappa shape index (κ2) is 7.07. The molecule has 3 nitrogen and oxygen atoms in total. The van der Waals surface area contributed by atoms with Gasteiger partial charge in [-0.25, -0.2) is 0 Å². The molecule has 38 valence electrons. The summed E-state index contributed by atoms with van der Waals surface area (Å²) in [5, 5.41) is 0. The van der Waals surface area contributed by atoms with Crippen LogP contribution in [-0.4, -0.2) is 12.5 Å². The molecule has 0 aliphatic heterocycles. The van der Waals surface area contributed by atoms with Gasteiger partial charge in [0, 0.05) is 13.0 Å². The number of rotatable bonds is 2. The van der Waals surface area contributed by atoms with Gasteiger partial charge >= 0.3 is 51.4 Å². The Labute approximate surface area is 86.7 Å². The summed E-state index contributed by atoms with van der Waals surface area (Å²) in [5.41, 5.74) is 9.61. The first-order valence-electron chi connectivity index (χ1n) is 1.75. The van der Waals surface area contributed by atoms with Gasteiger partial charge in [0.15, 0.2) is 0 Å². The molecule has 0 rings (SSSR count). The second-order valence-electron chi connectivity index (χ2n) is 1.00. The third kappa shape index (κ3) is 11.0. The van der Waals surface area contributed by atoms with E-state index in [2.05, 4.69) is 5.73 Å². The third-order valence-electron chi connectivity index (χ3n) is 0.391. The summed E-state index contributed by atoms with van der Waals surface area (Å²) >= 11 is 0. The molecule has 0 bridgehead atoms. The van der Waals surface area contributed by atoms with Gasteiger partial charge in [0.25, 0.3) is 0 Å². The van der Waals surface area contributed by atoms with Crippen LogP contribution in [0.15, 0.2) is 0 Å². The number of carbonyl (C=O) groups is 1. The maximum atomic E-state index is 9.74. The van der Waals surface area contributed by atoms with Crippen LogP contribution in [0.1, 0.15) is 7.85 Å². The SMILES string of the molecule is NCCC(N)=O.[H-].[K+]. The van der Waals surface area contributed by atoms with E-state index < -0.39 is 0 Å². The van der Waals surface area contributed by atoms with Crippen molar-refractivity contribution >= 4 is 5.91 Å². The van der Waals surface area contributed by atoms with Gasteiger partial charge in [-0.2, -0.15) is 0 Å². The van der Waals surface area contributed by atoms with Crippen LogP contribution in [0.2, 0.25) is 0 Å². The van der Waals surface area contributed by atoms with E-state index >= 15 is 0 Å². The Hall–Kier alpha value is 1.07. The maximum Gasteiger partial charge on any atom is 1.00 e. The molecule has 0 aliphatic rings. The van der Waals surface area contributed by atoms with Gasteiger partial charge in [-0.15, -0.1) is 0 Å². The van der Waals surface area contributed by atoms with Crippen LogP contribution in [-0.2, 0) is 4.79 Å². The van der Waals surface area contributed by atoms with E-state index in [1.54, 1.807) is 0 Å². The van der Waals surface area contributed by atoms with Crippen molar-refractivity contribution in [2.45, 2.75) is 6.42 Å². The van der Waals surface area contributed by atoms with Crippen molar-refractivity contribution in [2.75, 3.05) is 6.54 Å². The third-order valence-corrected chi connectivity index (χ3v) is 0.391. The Morgan fingerprint density at radius 2 is 2.14 bits per heavy atom. The van der Waals surface area contributed by atoms with E-state index in [-0.39, 0.29) is 58.7 Å². The summed E-state index contributed by atoms with van der Waals surface area (Å²) in [6.45, 7) is 0.356. The van der Waals surface area contributed by atoms with E-state index in [0.29, 0.717) is 13.0 Å². The molecule has 0 aromatic rings. The van der Waals surface area contributed by atoms with Crippen molar-refractivity contribution in [1.82, 2.24) is 0 Å². The molecule has 0 aromatic heterocycles. The predicted molar refractivity (Wildman–Crippen MR) is 24.0 cm³/mol. The summed E-state index contributed by atoms with van der Waals surface area (Å²) in [6, 6.07) is 0. The fourth-order valence-electron chi connectivity index (χ4n) is 0.142. The molecule has 1 amide bonds. The molecular formula is C3H9KN2O. The molecule has 0 unspecified atom stereocenters. The predicted octanol–water partition coefficient (Wildman–Crippen LogP) is -4.06. The van der Waals surface area contributed by atoms with Crippen molar-refractivity contribution < 1.29 is 57.6 Å². The van der Waals surface area contributed by atoms with Crippen molar-refractivity contribution in [3.8, 4) is 0 Å². The largest absolute Gasteiger partial charge is 1.00 e. The van der Waals surface area contributed by atoms with Crippen LogP contribution in [0, 0.1) is 0 Å². The minimum atomic E-state index is -0.336. The molecular weight excluding hydrogens is 119 g/mol. The molecule has 0 fully saturated rings. The molecule has 0 aromatic carbocycles. The summed E-state index contributed by atoms with van der Waals surface area (Å²) < 4.78 is 0. The standard InChI is InChI=1S/C3H8N2O.K.H/c4-2-1-3(5)6;;/h1-2,4H2,(H2,5,6);;/q;+1;-1. The van der Waals surface area contributed by atoms with Crippen LogP contribution in [0.3, 0.4) is 0 Å². The summed E-state index contributed by atoms with van der Waals surface area (Å²) in [5.74, 6) is -0.336. The minimum Gasteiger partial charge on any atom is -1.00 e. The average molecular weight is 128 g/mol. The van der Waals surface area contributed by atoms with E-state index in [0.717, 1.165) is 0 Å². The van der Waals surface area contributed by atoms with E-state index in [4.69, 9.17) is 5.73 Å². The first kappa shape index (κ1) is 10.9. The summed E-state index contributed by atoms with van der Waals surface area (Å²) in [4.78, 5) is 9.74. The number of carbonyl (C=O) groups excluding carboxylic acids is 1. The van der Waals surface area contributed by atoms with E-state index in [1.165, 1.54) is 0 Å². The molecule has 7 heavy (non-hydrogen) atoms. The van der Waals surface area contributed by atoms with Crippen LogP contribution in [0.4, 0.5) is 0 Å². The topological polar surface area (TPSA) is 69.1 Å². The molecule has 4 N–H and O–H groups in total. The Balaban J connectivity index is -0.000000125. The Morgan fingerprint density at radius 3 is 2.14 bits per heavy atom. The normalized spacial score (nSPS) is 7.00. The maximum absolute atomic E-state index is 9.74. The number of hydrogen-bond donors (Lipinski definition) is 2. The van der Waals surface area contributed by atoms with Crippen LogP contribution in [0.5, 0.6) is 0 Å². The van der Waals surface area contributed by atoms with Crippen LogP contribution < -0.4 is 62.9 Å². The number of nitrogens with two attached hydrogens (primary N) is 2. The van der Waals surface area contributed by atoms with Gasteiger partial charge in [-0.3, -0.25) is 4.79 Å². The zero-order valence-electron chi connectivity index (χ0n) is 5.48. The van der Waals surface area contributed by atoms with Crippen LogP contribution in [0.25, 0.3) is 0 Å². The summed E-state index contributed by atoms with van der Waals surface area (Å²) in [6.07, 6.45) is 0.292. The minimum absolute atomic E-state index is 0. The van der Waals surface area contributed by atoms with Gasteiger partial charge in [0.2, 0.25) is 5.91 Å². The summed E-state index contributed by atoms with van der Waals surface area (Å²) in [7, 11) is 0. The number of amides is 1. The van der Waals surface area contributed by atoms with Gasteiger partial charge in [0.05, 0.1) is 0 Å². The molecule has 4 heteroatoms. The molecule has 0 saturated carbocycles. The van der Waals surface area contributed by atoms with E-state index in [9.17, 15) is 4.79 Å². The fraction of sp³-hybridized carbons (Fsp3) is 0.667. The molecule has 0 radical (unpaired) electrons. The van der Waals surface area contributed by atoms with Crippen molar-refractivity contribution in [2.24, 2.45) is 11.5 Å². The van der Waals surface area contributed by atoms with Crippen LogP contribution >= 0.6 is 0 Å². The smallest absolute Gasteiger partial charge is 1.00 e. The zero-order valence-corrected chi connectivity index (χ0v) is 7.60. The van der Waals surface area contributed by atoms with Crippen molar-refractivity contribution in [1.29, 1.82) is 0 Å². The number of primary amides is 1. The number of hydrogen-bond acceptors (Lipinski definition) is 2. The van der Waals surface area contributed by atoms with Gasteiger partial charge in [-0.1, -0.05) is 0 Å². The zero-order chi connectivity index (χ0) is 4.99. The van der Waals surface area contributed by atoms with Crippen molar-refractivity contribution in [3.05, 3.63) is 0 Å². The first-order valence-corrected chi connectivity index (χ1v) is 1.75. The quantitative estimate of drug-likeness (QED) is 0.371. The molecule has 0 atom stereocenters. The Morgan fingerprint density at radius 1 is 1.71 bits per heavy atom. The van der Waals surface area contributed by atoms with E-state index in [1.807, 2.05) is 0 Å².